The molecule has 21 heavy (non-hydrogen) atoms. The van der Waals surface area contributed by atoms with Crippen molar-refractivity contribution in [1.82, 2.24) is 4.90 Å². The van der Waals surface area contributed by atoms with E-state index in [0.717, 1.165) is 18.4 Å². The second-order valence-electron chi connectivity index (χ2n) is 5.15. The van der Waals surface area contributed by atoms with Crippen LogP contribution in [0, 0.1) is 0 Å². The van der Waals surface area contributed by atoms with Crippen LogP contribution in [0.5, 0.6) is 0 Å². The van der Waals surface area contributed by atoms with E-state index in [2.05, 4.69) is 0 Å². The van der Waals surface area contributed by atoms with Crippen LogP contribution in [0.15, 0.2) is 42.5 Å². The number of ether oxygens (including phenoxy) is 1. The molecule has 4 nitrogen and oxygen atoms in total. The maximum Gasteiger partial charge on any atom is 0.416 e. The summed E-state index contributed by atoms with van der Waals surface area (Å²) in [5, 5.41) is 0. The van der Waals surface area contributed by atoms with Crippen molar-refractivity contribution in [2.45, 2.75) is 38.6 Å². The Balaban J connectivity index is 1.94. The molecule has 0 N–H and O–H groups in total. The third-order valence-electron chi connectivity index (χ3n) is 3.54. The van der Waals surface area contributed by atoms with Gasteiger partial charge >= 0.3 is 6.09 Å². The lowest BCUT2D eigenvalue weighted by Crippen LogP contribution is -2.40. The summed E-state index contributed by atoms with van der Waals surface area (Å²) in [4.78, 5) is 25.3. The monoisotopic (exact) mass is 287 g/mol. The van der Waals surface area contributed by atoms with E-state index >= 15 is 0 Å². The quantitative estimate of drug-likeness (QED) is 0.595. The number of carbonyl (C=O) groups is 2. The summed E-state index contributed by atoms with van der Waals surface area (Å²) in [5.41, 5.74) is 1.10. The van der Waals surface area contributed by atoms with Gasteiger partial charge in [-0.15, -0.1) is 0 Å². The predicted octanol–water partition coefficient (Wildman–Crippen LogP) is 3.32. The number of unbranched alkanes of at least 4 members (excludes halogenated alkanes) is 1. The van der Waals surface area contributed by atoms with Crippen LogP contribution in [0.4, 0.5) is 4.79 Å². The van der Waals surface area contributed by atoms with Crippen molar-refractivity contribution in [3.05, 3.63) is 48.0 Å². The van der Waals surface area contributed by atoms with Gasteiger partial charge in [-0.1, -0.05) is 42.5 Å². The Bertz CT molecular complexity index is 510. The van der Waals surface area contributed by atoms with Gasteiger partial charge in [0.25, 0.3) is 0 Å². The Labute approximate surface area is 125 Å². The van der Waals surface area contributed by atoms with Gasteiger partial charge in [0.1, 0.15) is 6.61 Å². The maximum absolute atomic E-state index is 12.2. The minimum Gasteiger partial charge on any atom is -0.447 e. The topological polar surface area (TPSA) is 46.6 Å². The van der Waals surface area contributed by atoms with Crippen LogP contribution >= 0.6 is 0 Å². The minimum atomic E-state index is -0.507. The molecule has 1 aliphatic heterocycles. The molecule has 1 fully saturated rings. The molecule has 0 aromatic heterocycles. The number of imide groups is 1. The molecule has 0 aliphatic carbocycles. The predicted molar refractivity (Wildman–Crippen MR) is 80.8 cm³/mol. The molecule has 4 heteroatoms. The van der Waals surface area contributed by atoms with Gasteiger partial charge < -0.3 is 4.74 Å². The van der Waals surface area contributed by atoms with Crippen molar-refractivity contribution in [2.75, 3.05) is 6.61 Å². The molecule has 2 rings (SSSR count). The zero-order valence-electron chi connectivity index (χ0n) is 12.3. The number of carbonyl (C=O) groups excluding carboxylic acids is 2. The fraction of sp³-hybridized carbons (Fsp3) is 0.412. The number of hydrogen-bond acceptors (Lipinski definition) is 3. The van der Waals surface area contributed by atoms with E-state index in [1.165, 1.54) is 4.90 Å². The molecule has 1 aromatic carbocycles. The molecule has 112 valence electrons. The largest absolute Gasteiger partial charge is 0.447 e. The molecule has 1 heterocycles. The van der Waals surface area contributed by atoms with Gasteiger partial charge in [-0.2, -0.15) is 0 Å². The van der Waals surface area contributed by atoms with Crippen molar-refractivity contribution in [3.63, 3.8) is 0 Å². The van der Waals surface area contributed by atoms with Crippen molar-refractivity contribution < 1.29 is 14.3 Å². The zero-order valence-corrected chi connectivity index (χ0v) is 12.3. The first-order valence-electron chi connectivity index (χ1n) is 7.36. The molecular formula is C17H21NO3. The van der Waals surface area contributed by atoms with Gasteiger partial charge in [0.15, 0.2) is 0 Å². The lowest BCUT2D eigenvalue weighted by Gasteiger charge is -2.19. The minimum absolute atomic E-state index is 0.136. The SMILES string of the molecule is C/C=C\CCCC(=O)N1C(=O)OC[C@H]1Cc1ccccc1. The first-order valence-corrected chi connectivity index (χ1v) is 7.36. The average Bonchev–Trinajstić information content (AvgIpc) is 2.85. The van der Waals surface area contributed by atoms with E-state index in [1.54, 1.807) is 0 Å². The van der Waals surface area contributed by atoms with Crippen LogP contribution in [0.3, 0.4) is 0 Å². The van der Waals surface area contributed by atoms with Gasteiger partial charge in [0.05, 0.1) is 6.04 Å². The Hall–Kier alpha value is -2.10. The summed E-state index contributed by atoms with van der Waals surface area (Å²) in [6.45, 7) is 2.24. The van der Waals surface area contributed by atoms with Gasteiger partial charge in [0, 0.05) is 6.42 Å². The lowest BCUT2D eigenvalue weighted by atomic mass is 10.1. The second kappa shape index (κ2) is 7.62. The number of nitrogens with zero attached hydrogens (tertiary/aromatic N) is 1. The number of benzene rings is 1. The van der Waals surface area contributed by atoms with Gasteiger partial charge in [0.2, 0.25) is 5.91 Å². The van der Waals surface area contributed by atoms with Crippen molar-refractivity contribution in [3.8, 4) is 0 Å². The number of allylic oxidation sites excluding steroid dienone is 2. The Morgan fingerprint density at radius 2 is 2.14 bits per heavy atom. The summed E-state index contributed by atoms with van der Waals surface area (Å²) in [6.07, 6.45) is 6.12. The zero-order chi connectivity index (χ0) is 15.1. The first-order chi connectivity index (χ1) is 10.2. The van der Waals surface area contributed by atoms with E-state index in [9.17, 15) is 9.59 Å². The van der Waals surface area contributed by atoms with Crippen LogP contribution < -0.4 is 0 Å². The van der Waals surface area contributed by atoms with Crippen LogP contribution in [0.1, 0.15) is 31.7 Å². The highest BCUT2D eigenvalue weighted by molar-refractivity contribution is 5.93. The molecule has 0 spiro atoms. The van der Waals surface area contributed by atoms with E-state index in [0.29, 0.717) is 12.8 Å². The number of hydrogen-bond donors (Lipinski definition) is 0. The van der Waals surface area contributed by atoms with Gasteiger partial charge in [-0.25, -0.2) is 9.69 Å². The highest BCUT2D eigenvalue weighted by atomic mass is 16.6. The number of amides is 2. The van der Waals surface area contributed by atoms with Crippen LogP contribution in [-0.2, 0) is 16.0 Å². The molecule has 2 amide bonds. The van der Waals surface area contributed by atoms with Gasteiger partial charge in [-0.05, 0) is 31.7 Å². The van der Waals surface area contributed by atoms with E-state index in [4.69, 9.17) is 4.74 Å². The summed E-state index contributed by atoms with van der Waals surface area (Å²) in [5.74, 6) is -0.136. The summed E-state index contributed by atoms with van der Waals surface area (Å²) < 4.78 is 5.05. The molecule has 0 saturated carbocycles. The molecular weight excluding hydrogens is 266 g/mol. The highest BCUT2D eigenvalue weighted by Crippen LogP contribution is 2.19. The van der Waals surface area contributed by atoms with Crippen LogP contribution in [-0.4, -0.2) is 29.5 Å². The number of rotatable bonds is 6. The van der Waals surface area contributed by atoms with E-state index in [-0.39, 0.29) is 18.6 Å². The Morgan fingerprint density at radius 3 is 2.86 bits per heavy atom. The van der Waals surface area contributed by atoms with Gasteiger partial charge in [-0.3, -0.25) is 4.79 Å². The molecule has 1 aliphatic rings. The second-order valence-corrected chi connectivity index (χ2v) is 5.15. The standard InChI is InChI=1S/C17H21NO3/c1-2-3-4-8-11-16(19)18-15(13-21-17(18)20)12-14-9-6-5-7-10-14/h2-3,5-7,9-10,15H,4,8,11-13H2,1H3/b3-2-/t15-/m1/s1. The smallest absolute Gasteiger partial charge is 0.416 e. The Kier molecular flexibility index (Phi) is 5.55. The average molecular weight is 287 g/mol. The summed E-state index contributed by atoms with van der Waals surface area (Å²) in [6, 6.07) is 9.67. The molecule has 1 saturated heterocycles. The van der Waals surface area contributed by atoms with Crippen molar-refractivity contribution in [2.24, 2.45) is 0 Å². The van der Waals surface area contributed by atoms with E-state index in [1.807, 2.05) is 49.4 Å². The van der Waals surface area contributed by atoms with Crippen LogP contribution in [0.2, 0.25) is 0 Å². The lowest BCUT2D eigenvalue weighted by molar-refractivity contribution is -0.129. The number of cyclic esters (lactones) is 1. The Morgan fingerprint density at radius 1 is 1.38 bits per heavy atom. The summed E-state index contributed by atoms with van der Waals surface area (Å²) in [7, 11) is 0. The molecule has 1 atom stereocenters. The van der Waals surface area contributed by atoms with Crippen LogP contribution in [0.25, 0.3) is 0 Å². The fourth-order valence-corrected chi connectivity index (χ4v) is 2.46. The van der Waals surface area contributed by atoms with Crippen molar-refractivity contribution >= 4 is 12.0 Å². The van der Waals surface area contributed by atoms with Crippen molar-refractivity contribution in [1.29, 1.82) is 0 Å². The molecule has 1 aromatic rings. The molecule has 0 unspecified atom stereocenters. The molecule has 0 bridgehead atoms. The third-order valence-corrected chi connectivity index (χ3v) is 3.54. The fourth-order valence-electron chi connectivity index (χ4n) is 2.46. The molecule has 0 radical (unpaired) electrons. The third kappa shape index (κ3) is 4.18. The maximum atomic E-state index is 12.2. The first kappa shape index (κ1) is 15.3. The van der Waals surface area contributed by atoms with E-state index < -0.39 is 6.09 Å². The summed E-state index contributed by atoms with van der Waals surface area (Å²) >= 11 is 0. The highest BCUT2D eigenvalue weighted by Gasteiger charge is 2.37. The normalized spacial score (nSPS) is 18.2.